The molecule has 1 atom stereocenters. The molecule has 222 valence electrons. The number of benzene rings is 2. The van der Waals surface area contributed by atoms with Gasteiger partial charge >= 0.3 is 12.4 Å². The van der Waals surface area contributed by atoms with Gasteiger partial charge in [-0.2, -0.15) is 26.3 Å². The molecule has 39 heavy (non-hydrogen) atoms. The lowest BCUT2D eigenvalue weighted by Gasteiger charge is -2.20. The summed E-state index contributed by atoms with van der Waals surface area (Å²) >= 11 is -1.16. The van der Waals surface area contributed by atoms with Crippen LogP contribution in [-0.4, -0.2) is 42.4 Å². The van der Waals surface area contributed by atoms with Crippen LogP contribution in [-0.2, 0) is 11.4 Å². The van der Waals surface area contributed by atoms with Crippen LogP contribution in [0.5, 0.6) is 0 Å². The van der Waals surface area contributed by atoms with Gasteiger partial charge in [-0.1, -0.05) is 4.40 Å². The first-order chi connectivity index (χ1) is 17.0. The number of alkyl halides is 6. The molecule has 4 N–H and O–H groups in total. The average Bonchev–Trinajstić information content (AvgIpc) is 2.76. The second-order valence-corrected chi connectivity index (χ2v) is 12.7. The van der Waals surface area contributed by atoms with E-state index in [-0.39, 0.29) is 16.5 Å². The number of ketones is 1. The summed E-state index contributed by atoms with van der Waals surface area (Å²) in [6, 6.07) is 6.92. The maximum Gasteiger partial charge on any atom is 0.454 e. The molecule has 0 aromatic heterocycles. The van der Waals surface area contributed by atoms with Crippen molar-refractivity contribution in [2.24, 2.45) is 4.40 Å². The number of carbonyl (C=O) groups excluding carboxylic acids is 1. The van der Waals surface area contributed by atoms with E-state index in [1.165, 1.54) is 20.8 Å². The number of hydrogen-bond acceptors (Lipinski definition) is 6. The molecule has 0 radical (unpaired) electrons. The summed E-state index contributed by atoms with van der Waals surface area (Å²) in [5.74, 6) is -3.30. The predicted octanol–water partition coefficient (Wildman–Crippen LogP) is 8.36. The molecular formula is C24H30F8N2O3S2. The Hall–Kier alpha value is -2.20. The fourth-order valence-corrected chi connectivity index (χ4v) is 2.51. The number of nitrogens with zero attached hydrogens (tertiary/aromatic N) is 1. The lowest BCUT2D eigenvalue weighted by atomic mass is 10.1. The Kier molecular flexibility index (Phi) is 15.5. The molecule has 0 saturated carbocycles. The maximum atomic E-state index is 12.9. The number of rotatable bonds is 3. The number of halogens is 8. The third kappa shape index (κ3) is 15.8. The summed E-state index contributed by atoms with van der Waals surface area (Å²) in [4.78, 5) is 10.5. The maximum absolute atomic E-state index is 12.9. The molecule has 15 heteroatoms. The van der Waals surface area contributed by atoms with Crippen molar-refractivity contribution in [2.45, 2.75) is 63.4 Å². The fourth-order valence-electron chi connectivity index (χ4n) is 1.86. The molecular weight excluding hydrogens is 580 g/mol. The van der Waals surface area contributed by atoms with Crippen molar-refractivity contribution in [3.63, 3.8) is 0 Å². The second-order valence-electron chi connectivity index (χ2n) is 9.34. The molecule has 0 fully saturated rings. The van der Waals surface area contributed by atoms with E-state index >= 15 is 0 Å². The van der Waals surface area contributed by atoms with Crippen LogP contribution in [0.1, 0.15) is 57.5 Å². The van der Waals surface area contributed by atoms with Crippen LogP contribution in [0.2, 0.25) is 0 Å². The Morgan fingerprint density at radius 3 is 1.36 bits per heavy atom. The van der Waals surface area contributed by atoms with Gasteiger partial charge in [0, 0.05) is 15.9 Å². The molecule has 5 nitrogen and oxygen atoms in total. The van der Waals surface area contributed by atoms with Crippen molar-refractivity contribution in [3.05, 3.63) is 71.3 Å². The van der Waals surface area contributed by atoms with Gasteiger partial charge in [0.15, 0.2) is 0 Å². The molecule has 0 aliphatic carbocycles. The van der Waals surface area contributed by atoms with E-state index < -0.39 is 57.2 Å². The zero-order chi connectivity index (χ0) is 30.1. The Labute approximate surface area is 229 Å². The van der Waals surface area contributed by atoms with Gasteiger partial charge in [0.05, 0.1) is 0 Å². The van der Waals surface area contributed by atoms with E-state index in [1.54, 1.807) is 0 Å². The number of carbonyl (C=O) groups is 1. The summed E-state index contributed by atoms with van der Waals surface area (Å²) in [5, 5.41) is 0. The van der Waals surface area contributed by atoms with E-state index in [9.17, 15) is 44.5 Å². The largest absolute Gasteiger partial charge is 0.591 e. The van der Waals surface area contributed by atoms with Crippen LogP contribution in [0.15, 0.2) is 52.9 Å². The minimum atomic E-state index is -4.90. The van der Waals surface area contributed by atoms with Gasteiger partial charge in [0.2, 0.25) is 5.71 Å². The van der Waals surface area contributed by atoms with Gasteiger partial charge < -0.3 is 15.3 Å². The zero-order valence-electron chi connectivity index (χ0n) is 21.9. The van der Waals surface area contributed by atoms with E-state index in [1.807, 2.05) is 20.8 Å². The Morgan fingerprint density at radius 2 is 1.10 bits per heavy atom. The molecule has 0 aliphatic heterocycles. The van der Waals surface area contributed by atoms with E-state index in [0.717, 1.165) is 60.6 Å². The molecule has 0 amide bonds. The zero-order valence-corrected chi connectivity index (χ0v) is 23.5. The minimum Gasteiger partial charge on any atom is -0.591 e. The van der Waals surface area contributed by atoms with Crippen LogP contribution in [0.3, 0.4) is 0 Å². The third-order valence-electron chi connectivity index (χ3n) is 3.72. The van der Waals surface area contributed by atoms with Gasteiger partial charge in [-0.3, -0.25) is 4.79 Å². The first-order valence-corrected chi connectivity index (χ1v) is 12.4. The smallest absolute Gasteiger partial charge is 0.454 e. The first kappa shape index (κ1) is 38.9. The second kappa shape index (κ2) is 15.6. The highest BCUT2D eigenvalue weighted by atomic mass is 32.2. The van der Waals surface area contributed by atoms with E-state index in [0.29, 0.717) is 0 Å². The molecule has 0 aliphatic rings. The standard InChI is InChI=1S/C12H13F4NOS.C8H4F4O.C4H10OS.H3N/c1-11(2,3)19(18)17-10(12(14,15)16)8-4-6-9(13)7-5-8;9-6-3-1-5(2-4-6)7(13)8(10,11)12;1-4(2,3)6-5;/h4-7H,1-3H3;1-4H;5H,1-3H3;1H3. The molecule has 1 unspecified atom stereocenters. The fraction of sp³-hybridized carbons (Fsp3) is 0.417. The SMILES string of the molecule is CC(C)(C)SO.CC(C)(C)[S+]([O-])N=C(c1ccc(F)cc1)C(F)(F)F.N.O=C(c1ccc(F)cc1)C(F)(F)F. The van der Waals surface area contributed by atoms with Crippen molar-refractivity contribution in [3.8, 4) is 0 Å². The summed E-state index contributed by atoms with van der Waals surface area (Å²) in [6.07, 6.45) is -9.66. The van der Waals surface area contributed by atoms with Crippen molar-refractivity contribution in [2.75, 3.05) is 0 Å². The molecule has 2 aromatic rings. The van der Waals surface area contributed by atoms with Crippen LogP contribution >= 0.6 is 12.0 Å². The predicted molar refractivity (Wildman–Crippen MR) is 139 cm³/mol. The van der Waals surface area contributed by atoms with E-state index in [2.05, 4.69) is 4.40 Å². The van der Waals surface area contributed by atoms with Crippen molar-refractivity contribution >= 4 is 34.9 Å². The highest BCUT2D eigenvalue weighted by Crippen LogP contribution is 2.27. The highest BCUT2D eigenvalue weighted by Gasteiger charge is 2.41. The summed E-state index contributed by atoms with van der Waals surface area (Å²) in [7, 11) is 0. The minimum absolute atomic E-state index is 0. The van der Waals surface area contributed by atoms with Crippen LogP contribution in [0, 0.1) is 11.6 Å². The first-order valence-electron chi connectivity index (χ1n) is 10.5. The molecule has 0 saturated heterocycles. The normalized spacial score (nSPS) is 13.2. The molecule has 2 rings (SSSR count). The van der Waals surface area contributed by atoms with Crippen LogP contribution in [0.25, 0.3) is 0 Å². The summed E-state index contributed by atoms with van der Waals surface area (Å²) in [5.41, 5.74) is -2.14. The van der Waals surface area contributed by atoms with Gasteiger partial charge in [-0.05, 0) is 102 Å². The van der Waals surface area contributed by atoms with Gasteiger partial charge in [-0.25, -0.2) is 8.78 Å². The van der Waals surface area contributed by atoms with Crippen LogP contribution < -0.4 is 6.15 Å². The molecule has 2 aromatic carbocycles. The number of Topliss-reactive ketones (excluding diaryl/α,β-unsaturated/α-hetero) is 1. The summed E-state index contributed by atoms with van der Waals surface area (Å²) < 4.78 is 121. The number of hydrogen-bond donors (Lipinski definition) is 2. The van der Waals surface area contributed by atoms with Crippen molar-refractivity contribution in [1.82, 2.24) is 6.15 Å². The lowest BCUT2D eigenvalue weighted by molar-refractivity contribution is -0.0885. The quantitative estimate of drug-likeness (QED) is 0.119. The lowest BCUT2D eigenvalue weighted by Crippen LogP contribution is -2.31. The van der Waals surface area contributed by atoms with Crippen LogP contribution in [0.4, 0.5) is 35.1 Å². The monoisotopic (exact) mass is 610 g/mol. The average molecular weight is 611 g/mol. The van der Waals surface area contributed by atoms with Gasteiger partial charge in [0.25, 0.3) is 5.78 Å². The topological polar surface area (TPSA) is 108 Å². The van der Waals surface area contributed by atoms with Gasteiger partial charge in [-0.15, -0.1) is 0 Å². The molecule has 0 spiro atoms. The van der Waals surface area contributed by atoms with Crippen molar-refractivity contribution < 1.29 is 49.0 Å². The Bertz CT molecular complexity index is 1050. The Balaban J connectivity index is 0. The molecule has 0 heterocycles. The summed E-state index contributed by atoms with van der Waals surface area (Å²) in [6.45, 7) is 10.4. The highest BCUT2D eigenvalue weighted by molar-refractivity contribution is 7.95. The van der Waals surface area contributed by atoms with Crippen molar-refractivity contribution in [1.29, 1.82) is 0 Å². The molecule has 0 bridgehead atoms. The van der Waals surface area contributed by atoms with Gasteiger partial charge in [0.1, 0.15) is 27.7 Å². The third-order valence-corrected chi connectivity index (χ3v) is 5.67. The van der Waals surface area contributed by atoms with E-state index in [4.69, 9.17) is 4.55 Å². The Morgan fingerprint density at radius 1 is 0.769 bits per heavy atom.